The number of ether oxygens (including phenoxy) is 1. The molecule has 2 heterocycles. The third kappa shape index (κ3) is 3.41. The lowest BCUT2D eigenvalue weighted by atomic mass is 9.90. The van der Waals surface area contributed by atoms with Crippen molar-refractivity contribution in [3.8, 4) is 5.75 Å². The molecule has 3 atom stereocenters. The van der Waals surface area contributed by atoms with Gasteiger partial charge >= 0.3 is 0 Å². The highest BCUT2D eigenvalue weighted by Crippen LogP contribution is 2.46. The number of carbonyl (C=O) groups excluding carboxylic acids is 3. The number of methoxy groups -OCH3 is 1. The minimum absolute atomic E-state index is 0.242. The average molecular weight is 460 g/mol. The van der Waals surface area contributed by atoms with Gasteiger partial charge in [0.05, 0.1) is 24.8 Å². The van der Waals surface area contributed by atoms with Gasteiger partial charge in [-0.3, -0.25) is 19.2 Å². The number of hydrogen-bond acceptors (Lipinski definition) is 6. The number of nitrogens with zero attached hydrogens (tertiary/aromatic N) is 2. The minimum Gasteiger partial charge on any atom is -0.497 e. The summed E-state index contributed by atoms with van der Waals surface area (Å²) in [4.78, 5) is 44.8. The zero-order valence-electron chi connectivity index (χ0n) is 15.4. The van der Waals surface area contributed by atoms with Gasteiger partial charge in [0.2, 0.25) is 11.8 Å². The van der Waals surface area contributed by atoms with Crippen molar-refractivity contribution in [3.63, 3.8) is 0 Å². The molecule has 4 rings (SSSR count). The van der Waals surface area contributed by atoms with Crippen molar-refractivity contribution in [2.45, 2.75) is 12.1 Å². The summed E-state index contributed by atoms with van der Waals surface area (Å²) in [5.41, 5.74) is 6.51. The molecule has 2 fully saturated rings. The lowest BCUT2D eigenvalue weighted by Crippen LogP contribution is -2.40. The molecule has 9 heteroatoms. The number of rotatable bonds is 5. The number of fused-ring (bicyclic) bond motifs is 1. The maximum atomic E-state index is 13.3. The van der Waals surface area contributed by atoms with E-state index >= 15 is 0 Å². The van der Waals surface area contributed by atoms with Crippen LogP contribution < -0.4 is 15.4 Å². The topological polar surface area (TPSA) is 102 Å². The summed E-state index contributed by atoms with van der Waals surface area (Å²) >= 11 is 3.34. The van der Waals surface area contributed by atoms with E-state index in [9.17, 15) is 14.4 Å². The van der Waals surface area contributed by atoms with Crippen LogP contribution in [-0.4, -0.2) is 42.5 Å². The summed E-state index contributed by atoms with van der Waals surface area (Å²) in [5.74, 6) is -1.70. The Kier molecular flexibility index (Phi) is 5.12. The van der Waals surface area contributed by atoms with Crippen molar-refractivity contribution in [1.82, 2.24) is 5.06 Å². The summed E-state index contributed by atoms with van der Waals surface area (Å²) in [6.07, 6.45) is -1.03. The number of anilines is 1. The lowest BCUT2D eigenvalue weighted by Gasteiger charge is -2.26. The number of benzene rings is 2. The van der Waals surface area contributed by atoms with E-state index in [1.807, 2.05) is 0 Å². The molecule has 150 valence electrons. The number of carbonyl (C=O) groups is 3. The van der Waals surface area contributed by atoms with Crippen LogP contribution in [0.5, 0.6) is 5.75 Å². The SMILES string of the molecule is COc1cccc(C2C3C(=O)N(c4ccc(Br)cc4)C(=O)C3ON2CC(N)=O)c1. The Morgan fingerprint density at radius 1 is 1.17 bits per heavy atom. The van der Waals surface area contributed by atoms with Crippen LogP contribution in [0, 0.1) is 5.92 Å². The molecule has 8 nitrogen and oxygen atoms in total. The van der Waals surface area contributed by atoms with Gasteiger partial charge in [0.1, 0.15) is 12.3 Å². The van der Waals surface area contributed by atoms with Crippen LogP contribution >= 0.6 is 15.9 Å². The van der Waals surface area contributed by atoms with Gasteiger partial charge in [0, 0.05) is 4.47 Å². The molecular weight excluding hydrogens is 442 g/mol. The maximum absolute atomic E-state index is 13.3. The van der Waals surface area contributed by atoms with Crippen LogP contribution in [0.3, 0.4) is 0 Å². The first kappa shape index (κ1) is 19.6. The smallest absolute Gasteiger partial charge is 0.265 e. The fraction of sp³-hybridized carbons (Fsp3) is 0.250. The highest BCUT2D eigenvalue weighted by atomic mass is 79.9. The lowest BCUT2D eigenvalue weighted by molar-refractivity contribution is -0.175. The van der Waals surface area contributed by atoms with Crippen molar-refractivity contribution >= 4 is 39.3 Å². The van der Waals surface area contributed by atoms with Crippen molar-refractivity contribution < 1.29 is 24.0 Å². The largest absolute Gasteiger partial charge is 0.497 e. The number of hydrogen-bond donors (Lipinski definition) is 1. The zero-order chi connectivity index (χ0) is 20.7. The molecule has 2 aliphatic rings. The predicted octanol–water partition coefficient (Wildman–Crippen LogP) is 1.79. The molecule has 0 aromatic heterocycles. The Balaban J connectivity index is 1.74. The highest BCUT2D eigenvalue weighted by molar-refractivity contribution is 9.10. The molecule has 2 saturated heterocycles. The first-order valence-electron chi connectivity index (χ1n) is 8.89. The summed E-state index contributed by atoms with van der Waals surface area (Å²) < 4.78 is 6.11. The third-order valence-corrected chi connectivity index (χ3v) is 5.56. The highest BCUT2D eigenvalue weighted by Gasteiger charge is 2.60. The number of halogens is 1. The fourth-order valence-corrected chi connectivity index (χ4v) is 4.07. The van der Waals surface area contributed by atoms with Gasteiger partial charge in [-0.05, 0) is 42.0 Å². The van der Waals surface area contributed by atoms with Gasteiger partial charge in [0.25, 0.3) is 5.91 Å². The normalized spacial score (nSPS) is 24.1. The third-order valence-electron chi connectivity index (χ3n) is 5.03. The standard InChI is InChI=1S/C20H18BrN3O5/c1-28-14-4-2-3-11(9-14)17-16-18(29-23(17)10-15(22)25)20(27)24(19(16)26)13-7-5-12(21)6-8-13/h2-9,16-18H,10H2,1H3,(H2,22,25). The van der Waals surface area contributed by atoms with Gasteiger partial charge in [-0.25, -0.2) is 4.90 Å². The second-order valence-corrected chi connectivity index (χ2v) is 7.72. The molecule has 0 saturated carbocycles. The van der Waals surface area contributed by atoms with Gasteiger partial charge in [-0.2, -0.15) is 5.06 Å². The first-order valence-corrected chi connectivity index (χ1v) is 9.69. The molecule has 29 heavy (non-hydrogen) atoms. The summed E-state index contributed by atoms with van der Waals surface area (Å²) in [7, 11) is 1.54. The Labute approximate surface area is 175 Å². The van der Waals surface area contributed by atoms with E-state index in [-0.39, 0.29) is 12.5 Å². The molecule has 2 aromatic rings. The minimum atomic E-state index is -1.03. The van der Waals surface area contributed by atoms with E-state index in [1.165, 1.54) is 12.2 Å². The number of imide groups is 1. The summed E-state index contributed by atoms with van der Waals surface area (Å²) in [6.45, 7) is -0.242. The molecule has 3 unspecified atom stereocenters. The Morgan fingerprint density at radius 3 is 2.55 bits per heavy atom. The van der Waals surface area contributed by atoms with Crippen LogP contribution in [0.1, 0.15) is 11.6 Å². The van der Waals surface area contributed by atoms with Gasteiger partial charge in [-0.15, -0.1) is 0 Å². The molecule has 2 aromatic carbocycles. The van der Waals surface area contributed by atoms with E-state index in [2.05, 4.69) is 15.9 Å². The number of primary amides is 1. The first-order chi connectivity index (χ1) is 13.9. The van der Waals surface area contributed by atoms with Gasteiger partial charge in [-0.1, -0.05) is 28.1 Å². The Morgan fingerprint density at radius 2 is 1.90 bits per heavy atom. The second kappa shape index (κ2) is 7.58. The zero-order valence-corrected chi connectivity index (χ0v) is 17.0. The van der Waals surface area contributed by atoms with E-state index in [0.717, 1.165) is 9.37 Å². The van der Waals surface area contributed by atoms with Crippen LogP contribution in [0.2, 0.25) is 0 Å². The van der Waals surface area contributed by atoms with Crippen LogP contribution in [0.15, 0.2) is 53.0 Å². The fourth-order valence-electron chi connectivity index (χ4n) is 3.80. The number of nitrogens with two attached hydrogens (primary N) is 1. The summed E-state index contributed by atoms with van der Waals surface area (Å²) in [5, 5.41) is 1.32. The number of amides is 3. The van der Waals surface area contributed by atoms with Crippen molar-refractivity contribution in [2.75, 3.05) is 18.6 Å². The van der Waals surface area contributed by atoms with E-state index < -0.39 is 29.9 Å². The van der Waals surface area contributed by atoms with E-state index in [4.69, 9.17) is 15.3 Å². The monoisotopic (exact) mass is 459 g/mol. The van der Waals surface area contributed by atoms with E-state index in [1.54, 1.807) is 48.5 Å². The molecule has 3 amide bonds. The molecule has 2 aliphatic heterocycles. The Bertz CT molecular complexity index is 980. The molecule has 0 aliphatic carbocycles. The second-order valence-electron chi connectivity index (χ2n) is 6.80. The van der Waals surface area contributed by atoms with Crippen LogP contribution in [-0.2, 0) is 19.2 Å². The van der Waals surface area contributed by atoms with E-state index in [0.29, 0.717) is 17.0 Å². The predicted molar refractivity (Wildman–Crippen MR) is 107 cm³/mol. The maximum Gasteiger partial charge on any atom is 0.265 e. The number of hydroxylamine groups is 2. The quantitative estimate of drug-likeness (QED) is 0.683. The van der Waals surface area contributed by atoms with Gasteiger partial charge in [0.15, 0.2) is 6.10 Å². The van der Waals surface area contributed by atoms with Crippen molar-refractivity contribution in [2.24, 2.45) is 11.7 Å². The molecule has 0 spiro atoms. The van der Waals surface area contributed by atoms with Crippen molar-refractivity contribution in [1.29, 1.82) is 0 Å². The van der Waals surface area contributed by atoms with Crippen LogP contribution in [0.4, 0.5) is 5.69 Å². The Hall–Kier alpha value is -2.75. The molecule has 2 N–H and O–H groups in total. The van der Waals surface area contributed by atoms with Crippen LogP contribution in [0.25, 0.3) is 0 Å². The molecule has 0 radical (unpaired) electrons. The molecule has 0 bridgehead atoms. The summed E-state index contributed by atoms with van der Waals surface area (Å²) in [6, 6.07) is 13.3. The average Bonchev–Trinajstić information content (AvgIpc) is 3.18. The van der Waals surface area contributed by atoms with Gasteiger partial charge < -0.3 is 10.5 Å². The molecular formula is C20H18BrN3O5. The van der Waals surface area contributed by atoms with Crippen molar-refractivity contribution in [3.05, 3.63) is 58.6 Å².